The lowest BCUT2D eigenvalue weighted by Gasteiger charge is -2.39. The predicted molar refractivity (Wildman–Crippen MR) is 41.5 cm³/mol. The molecule has 0 aromatic carbocycles. The van der Waals surface area contributed by atoms with Crippen LogP contribution in [0.1, 0.15) is 11.4 Å². The summed E-state index contributed by atoms with van der Waals surface area (Å²) in [6.45, 7) is 0. The van der Waals surface area contributed by atoms with E-state index in [1.807, 2.05) is 0 Å². The molecule has 0 N–H and O–H groups in total. The van der Waals surface area contributed by atoms with E-state index in [4.69, 9.17) is 0 Å². The monoisotopic (exact) mass is 356 g/mol. The Morgan fingerprint density at radius 2 is 0.611 bits per heavy atom. The highest BCUT2D eigenvalue weighted by Crippen LogP contribution is 2.43. The van der Waals surface area contributed by atoms with Crippen LogP contribution in [-0.2, 0) is 26.9 Å². The van der Waals surface area contributed by atoms with Gasteiger partial charge in [0.05, 0.1) is 31.3 Å². The Kier molecular flexibility index (Phi) is 7.87. The molecular weight excluding hydrogens is 348 g/mol. The van der Waals surface area contributed by atoms with Crippen LogP contribution in [-0.4, -0.2) is 0 Å². The summed E-state index contributed by atoms with van der Waals surface area (Å²) in [5.74, 6) is 0. The third kappa shape index (κ3) is 25.4. The van der Waals surface area contributed by atoms with Crippen LogP contribution >= 0.6 is 31.3 Å². The fourth-order valence-corrected chi connectivity index (χ4v) is 2.20. The van der Waals surface area contributed by atoms with Gasteiger partial charge in [-0.05, 0) is 0 Å². The summed E-state index contributed by atoms with van der Waals surface area (Å²) >= 11 is 0. The second-order valence-corrected chi connectivity index (χ2v) is 6.84. The number of phosphoric acid groups is 4. The van der Waals surface area contributed by atoms with Crippen molar-refractivity contribution in [2.75, 3.05) is 0 Å². The van der Waals surface area contributed by atoms with E-state index in [9.17, 15) is 57.4 Å². The Morgan fingerprint density at radius 3 is 0.611 bits per heavy atom. The van der Waals surface area contributed by atoms with E-state index in [2.05, 4.69) is 8.62 Å². The highest BCUT2D eigenvalue weighted by Gasteiger charge is 1.93. The van der Waals surface area contributed by atoms with Crippen LogP contribution in [0.5, 0.6) is 0 Å². The first-order chi connectivity index (χ1) is 7.41. The molecule has 0 aliphatic carbocycles. The second kappa shape index (κ2) is 6.80. The maximum absolute atomic E-state index is 9.32. The molecule has 0 fully saturated rings. The van der Waals surface area contributed by atoms with Gasteiger partial charge in [-0.2, -0.15) is 0 Å². The molecule has 18 heteroatoms. The lowest BCUT2D eigenvalue weighted by molar-refractivity contribution is -0.368. The molecular formula is H8O14P4. The summed E-state index contributed by atoms with van der Waals surface area (Å²) in [7, 11) is -22.7. The first-order valence-electron chi connectivity index (χ1n) is 2.92. The van der Waals surface area contributed by atoms with E-state index >= 15 is 0 Å². The Balaban J connectivity index is -0.0000000188. The van der Waals surface area contributed by atoms with Crippen LogP contribution in [0.4, 0.5) is 0 Å². The van der Waals surface area contributed by atoms with E-state index in [1.54, 1.807) is 0 Å². The van der Waals surface area contributed by atoms with Crippen molar-refractivity contribution in [2.24, 2.45) is 0 Å². The van der Waals surface area contributed by atoms with Crippen molar-refractivity contribution in [1.29, 1.82) is 0 Å². The fourth-order valence-electron chi connectivity index (χ4n) is 0.245. The summed E-state index contributed by atoms with van der Waals surface area (Å²) in [6, 6.07) is 0. The van der Waals surface area contributed by atoms with E-state index in [0.717, 1.165) is 0 Å². The molecule has 0 saturated carbocycles. The molecule has 0 rings (SSSR count). The molecule has 14 nitrogen and oxygen atoms in total. The molecule has 0 radical (unpaired) electrons. The molecule has 112 valence electrons. The van der Waals surface area contributed by atoms with Gasteiger partial charge in [0, 0.05) is 0 Å². The number of rotatable bonds is 4. The zero-order valence-corrected chi connectivity index (χ0v) is 11.1. The van der Waals surface area contributed by atoms with Gasteiger partial charge in [-0.25, -0.2) is 0 Å². The minimum Gasteiger partial charge on any atom is -0.790 e. The quantitative estimate of drug-likeness (QED) is 0.424. The molecule has 18 heavy (non-hydrogen) atoms. The zero-order valence-electron chi connectivity index (χ0n) is 15.5. The van der Waals surface area contributed by atoms with E-state index in [0.29, 0.717) is 0 Å². The molecule has 0 aromatic heterocycles. The van der Waals surface area contributed by atoms with Crippen molar-refractivity contribution in [3.05, 3.63) is 0 Å². The normalized spacial score (nSPS) is 13.8. The largest absolute Gasteiger partial charge is 1.00 e. The minimum atomic E-state index is -5.68. The van der Waals surface area contributed by atoms with Gasteiger partial charge in [0.2, 0.25) is 0 Å². The van der Waals surface area contributed by atoms with Gasteiger partial charge in [0.1, 0.15) is 0 Å². The zero-order chi connectivity index (χ0) is 15.4. The highest BCUT2D eigenvalue weighted by molar-refractivity contribution is 7.57. The van der Waals surface area contributed by atoms with Gasteiger partial charge < -0.3 is 66.0 Å². The summed E-state index contributed by atoms with van der Waals surface area (Å²) in [4.78, 5) is 74.6. The summed E-state index contributed by atoms with van der Waals surface area (Å²) in [6.07, 6.45) is 0. The SMILES string of the molecule is O=P([O-])([O-])OP(=O)([O-])[O-].O=P([O-])([O-])OP(=O)([O-])[O-].[H+].[H+].[H+].[H+].[H+].[H+].[H+].[H+]. The van der Waals surface area contributed by atoms with Crippen molar-refractivity contribution in [3.63, 3.8) is 0 Å². The van der Waals surface area contributed by atoms with E-state index in [-0.39, 0.29) is 11.4 Å². The van der Waals surface area contributed by atoms with Gasteiger partial charge in [-0.3, -0.25) is 0 Å². The van der Waals surface area contributed by atoms with Crippen LogP contribution in [0.25, 0.3) is 0 Å². The van der Waals surface area contributed by atoms with Crippen molar-refractivity contribution >= 4 is 31.3 Å². The maximum Gasteiger partial charge on any atom is 1.00 e. The molecule has 0 aromatic rings. The second-order valence-electron chi connectivity index (χ2n) is 1.95. The lowest BCUT2D eigenvalue weighted by Crippen LogP contribution is -2.23. The van der Waals surface area contributed by atoms with Crippen LogP contribution in [0.3, 0.4) is 0 Å². The third-order valence-electron chi connectivity index (χ3n) is 0.400. The van der Waals surface area contributed by atoms with Crippen molar-refractivity contribution in [3.8, 4) is 0 Å². The Labute approximate surface area is 110 Å². The van der Waals surface area contributed by atoms with Crippen LogP contribution in [0, 0.1) is 0 Å². The average molecular weight is 356 g/mol. The Bertz CT molecular complexity index is 360. The summed E-state index contributed by atoms with van der Waals surface area (Å²) < 4.78 is 42.3. The Morgan fingerprint density at radius 1 is 0.500 bits per heavy atom. The van der Waals surface area contributed by atoms with Gasteiger partial charge in [-0.15, -0.1) is 0 Å². The topological polar surface area (TPSA) is 271 Å². The summed E-state index contributed by atoms with van der Waals surface area (Å²) in [5.41, 5.74) is 0. The van der Waals surface area contributed by atoms with Gasteiger partial charge in [0.25, 0.3) is 0 Å². The fraction of sp³-hybridized carbons (Fsp3) is 0. The molecule has 0 aliphatic heterocycles. The smallest absolute Gasteiger partial charge is 0.790 e. The molecule has 0 atom stereocenters. The van der Waals surface area contributed by atoms with Gasteiger partial charge in [0.15, 0.2) is 0 Å². The number of hydrogen-bond acceptors (Lipinski definition) is 14. The number of hydrogen-bond donors (Lipinski definition) is 0. The first-order valence-corrected chi connectivity index (χ1v) is 8.76. The van der Waals surface area contributed by atoms with Gasteiger partial charge in [-0.1, -0.05) is 0 Å². The van der Waals surface area contributed by atoms with E-state index < -0.39 is 31.3 Å². The standard InChI is InChI=1S/2H4O7P2/c2*1-8(2,3)7-9(4,5)6/h2*(H2,1,2,3)(H2,4,5,6). The maximum atomic E-state index is 9.32. The van der Waals surface area contributed by atoms with Crippen LogP contribution < -0.4 is 39.1 Å². The van der Waals surface area contributed by atoms with E-state index in [1.165, 1.54) is 0 Å². The Hall–Kier alpha value is 0.520. The molecule has 0 saturated heterocycles. The highest BCUT2D eigenvalue weighted by atomic mass is 31.3. The van der Waals surface area contributed by atoms with Crippen molar-refractivity contribution in [1.82, 2.24) is 0 Å². The molecule has 0 amide bonds. The van der Waals surface area contributed by atoms with Crippen molar-refractivity contribution < 1.29 is 77.4 Å². The average Bonchev–Trinajstić information content (AvgIpc) is 1.64. The molecule has 0 spiro atoms. The van der Waals surface area contributed by atoms with Crippen molar-refractivity contribution in [2.45, 2.75) is 0 Å². The first kappa shape index (κ1) is 20.8. The predicted octanol–water partition coefficient (Wildman–Crippen LogP) is -5.78. The molecule has 0 aliphatic rings. The minimum absolute atomic E-state index is 0. The van der Waals surface area contributed by atoms with Gasteiger partial charge >= 0.3 is 11.4 Å². The third-order valence-corrected chi connectivity index (χ3v) is 3.60. The van der Waals surface area contributed by atoms with Crippen LogP contribution in [0.2, 0.25) is 0 Å². The van der Waals surface area contributed by atoms with Crippen LogP contribution in [0.15, 0.2) is 0 Å². The summed E-state index contributed by atoms with van der Waals surface area (Å²) in [5, 5.41) is 0. The molecule has 0 unspecified atom stereocenters. The molecule has 0 heterocycles. The molecule has 0 bridgehead atoms. The lowest BCUT2D eigenvalue weighted by atomic mass is 15.7.